The number of carbonyl (C=O) groups is 2. The molecule has 3 saturated heterocycles. The average Bonchev–Trinajstić information content (AvgIpc) is 3.48. The number of fused-ring (bicyclic) bond motifs is 1. The van der Waals surface area contributed by atoms with Gasteiger partial charge in [-0.05, 0) is 17.7 Å². The van der Waals surface area contributed by atoms with Crippen molar-refractivity contribution in [3.8, 4) is 0 Å². The highest BCUT2D eigenvalue weighted by Crippen LogP contribution is 2.57. The first-order chi connectivity index (χ1) is 15.8. The fourth-order valence-electron chi connectivity index (χ4n) is 3.76. The molecule has 13 nitrogen and oxygen atoms in total. The SMILES string of the molecule is NC(=O)c1ncn([C@@H]2O[C@H](COP3(=O)OCC[C@@H](c4cccc(Cl)c4)O3)[C@H]3OC(=O)O[C@H]32)n1. The number of phosphoric ester groups is 1. The van der Waals surface area contributed by atoms with Gasteiger partial charge in [0.25, 0.3) is 5.91 Å². The predicted octanol–water partition coefficient (Wildman–Crippen LogP) is 2.13. The maximum absolute atomic E-state index is 13.1. The molecule has 1 amide bonds. The lowest BCUT2D eigenvalue weighted by Crippen LogP contribution is -2.32. The van der Waals surface area contributed by atoms with Gasteiger partial charge in [0, 0.05) is 11.4 Å². The second-order valence-corrected chi connectivity index (χ2v) is 9.46. The maximum Gasteiger partial charge on any atom is 0.509 e. The van der Waals surface area contributed by atoms with Gasteiger partial charge in [0.05, 0.1) is 19.3 Å². The second-order valence-electron chi connectivity index (χ2n) is 7.41. The molecule has 33 heavy (non-hydrogen) atoms. The molecule has 0 bridgehead atoms. The van der Waals surface area contributed by atoms with E-state index in [9.17, 15) is 14.2 Å². The van der Waals surface area contributed by atoms with Crippen molar-refractivity contribution in [1.29, 1.82) is 0 Å². The number of phosphoric acid groups is 1. The van der Waals surface area contributed by atoms with E-state index in [4.69, 9.17) is 45.1 Å². The van der Waals surface area contributed by atoms with E-state index in [1.165, 1.54) is 11.0 Å². The minimum absolute atomic E-state index is 0.140. The van der Waals surface area contributed by atoms with Crippen LogP contribution in [0.4, 0.5) is 4.79 Å². The van der Waals surface area contributed by atoms with E-state index in [-0.39, 0.29) is 19.0 Å². The Morgan fingerprint density at radius 1 is 1.33 bits per heavy atom. The quantitative estimate of drug-likeness (QED) is 0.456. The Balaban J connectivity index is 1.28. The maximum atomic E-state index is 13.1. The van der Waals surface area contributed by atoms with E-state index >= 15 is 0 Å². The number of halogens is 1. The largest absolute Gasteiger partial charge is 0.509 e. The summed E-state index contributed by atoms with van der Waals surface area (Å²) < 4.78 is 46.9. The van der Waals surface area contributed by atoms with Crippen LogP contribution < -0.4 is 5.73 Å². The molecule has 4 heterocycles. The van der Waals surface area contributed by atoms with Crippen molar-refractivity contribution < 1.29 is 41.9 Å². The molecule has 2 aromatic rings. The van der Waals surface area contributed by atoms with E-state index in [1.807, 2.05) is 0 Å². The van der Waals surface area contributed by atoms with E-state index in [2.05, 4.69) is 10.1 Å². The highest BCUT2D eigenvalue weighted by Gasteiger charge is 2.56. The van der Waals surface area contributed by atoms with Crippen LogP contribution >= 0.6 is 19.4 Å². The summed E-state index contributed by atoms with van der Waals surface area (Å²) in [5.41, 5.74) is 5.91. The van der Waals surface area contributed by atoms with E-state index < -0.39 is 50.5 Å². The highest BCUT2D eigenvalue weighted by atomic mass is 35.5. The molecule has 2 N–H and O–H groups in total. The first-order valence-electron chi connectivity index (χ1n) is 9.88. The molecular weight excluding hydrogens is 483 g/mol. The molecule has 1 aromatic heterocycles. The number of rotatable bonds is 6. The van der Waals surface area contributed by atoms with Gasteiger partial charge in [-0.2, -0.15) is 0 Å². The Labute approximate surface area is 191 Å². The summed E-state index contributed by atoms with van der Waals surface area (Å²) in [6.45, 7) is -0.160. The van der Waals surface area contributed by atoms with Crippen LogP contribution in [0.1, 0.15) is 34.9 Å². The molecule has 0 saturated carbocycles. The molecule has 0 radical (unpaired) electrons. The summed E-state index contributed by atoms with van der Waals surface area (Å²) in [6.07, 6.45) is -3.42. The van der Waals surface area contributed by atoms with E-state index in [0.717, 1.165) is 5.56 Å². The molecule has 6 atom stereocenters. The molecule has 0 spiro atoms. The van der Waals surface area contributed by atoms with Gasteiger partial charge in [-0.15, -0.1) is 5.10 Å². The Morgan fingerprint density at radius 3 is 2.91 bits per heavy atom. The average molecular weight is 501 g/mol. The van der Waals surface area contributed by atoms with Crippen molar-refractivity contribution in [2.45, 2.75) is 37.1 Å². The summed E-state index contributed by atoms with van der Waals surface area (Å²) in [5, 5.41) is 4.45. The molecule has 176 valence electrons. The third-order valence-electron chi connectivity index (χ3n) is 5.24. The van der Waals surface area contributed by atoms with Crippen molar-refractivity contribution in [1.82, 2.24) is 14.8 Å². The van der Waals surface area contributed by atoms with Crippen molar-refractivity contribution in [2.75, 3.05) is 13.2 Å². The van der Waals surface area contributed by atoms with E-state index in [1.54, 1.807) is 24.3 Å². The number of hydrogen-bond donors (Lipinski definition) is 1. The number of nitrogens with zero attached hydrogens (tertiary/aromatic N) is 3. The summed E-state index contributed by atoms with van der Waals surface area (Å²) in [5.74, 6) is -1.07. The van der Waals surface area contributed by atoms with Gasteiger partial charge >= 0.3 is 14.0 Å². The number of nitrogens with two attached hydrogens (primary N) is 1. The number of amides is 1. The van der Waals surface area contributed by atoms with Crippen molar-refractivity contribution in [3.63, 3.8) is 0 Å². The van der Waals surface area contributed by atoms with Crippen molar-refractivity contribution >= 4 is 31.5 Å². The lowest BCUT2D eigenvalue weighted by molar-refractivity contribution is -0.0801. The van der Waals surface area contributed by atoms with Crippen molar-refractivity contribution in [2.24, 2.45) is 5.73 Å². The van der Waals surface area contributed by atoms with Gasteiger partial charge in [-0.3, -0.25) is 18.4 Å². The second kappa shape index (κ2) is 8.67. The zero-order valence-corrected chi connectivity index (χ0v) is 18.5. The molecule has 5 rings (SSSR count). The molecule has 0 aliphatic carbocycles. The van der Waals surface area contributed by atoms with Crippen LogP contribution in [0.15, 0.2) is 30.6 Å². The number of aromatic nitrogens is 3. The number of carbonyl (C=O) groups excluding carboxylic acids is 2. The van der Waals surface area contributed by atoms with Crippen molar-refractivity contribution in [3.05, 3.63) is 47.0 Å². The lowest BCUT2D eigenvalue weighted by Gasteiger charge is -2.29. The number of hydrogen-bond acceptors (Lipinski definition) is 11. The van der Waals surface area contributed by atoms with Crippen LogP contribution in [0, 0.1) is 0 Å². The van der Waals surface area contributed by atoms with Crippen LogP contribution in [0.3, 0.4) is 0 Å². The Morgan fingerprint density at radius 2 is 2.15 bits per heavy atom. The van der Waals surface area contributed by atoms with Gasteiger partial charge in [0.15, 0.2) is 18.4 Å². The molecule has 3 fully saturated rings. The standard InChI is InChI=1S/C18H18ClN4O9P/c19-10-3-1-2-9(6-10)11-4-5-27-33(26,32-11)28-7-12-13-14(31-18(25)30-13)17(29-12)23-8-21-16(22-23)15(20)24/h1-3,6,8,11-14,17H,4-5,7H2,(H2,20,24)/t11-,12+,13+,14+,17+,33?/m0/s1. The topological polar surface area (TPSA) is 163 Å². The van der Waals surface area contributed by atoms with Gasteiger partial charge in [-0.25, -0.2) is 19.0 Å². The minimum atomic E-state index is -3.96. The highest BCUT2D eigenvalue weighted by molar-refractivity contribution is 7.48. The molecule has 1 unspecified atom stereocenters. The molecular formula is C18H18ClN4O9P. The molecule has 3 aliphatic heterocycles. The van der Waals surface area contributed by atoms with E-state index in [0.29, 0.717) is 11.4 Å². The van der Waals surface area contributed by atoms with Gasteiger partial charge in [0.2, 0.25) is 5.82 Å². The van der Waals surface area contributed by atoms with Crippen LogP contribution in [0.2, 0.25) is 5.02 Å². The Kier molecular flexibility index (Phi) is 5.85. The van der Waals surface area contributed by atoms with Gasteiger partial charge in [0.1, 0.15) is 12.4 Å². The lowest BCUT2D eigenvalue weighted by atomic mass is 10.1. The summed E-state index contributed by atoms with van der Waals surface area (Å²) >= 11 is 6.03. The normalized spacial score (nSPS) is 33.4. The third kappa shape index (κ3) is 4.47. The van der Waals surface area contributed by atoms with Crippen LogP contribution in [-0.2, 0) is 32.3 Å². The number of benzene rings is 1. The van der Waals surface area contributed by atoms with Crippen LogP contribution in [-0.4, -0.2) is 58.4 Å². The summed E-state index contributed by atoms with van der Waals surface area (Å²) in [6, 6.07) is 6.99. The van der Waals surface area contributed by atoms with Crippen LogP contribution in [0.25, 0.3) is 0 Å². The monoisotopic (exact) mass is 500 g/mol. The van der Waals surface area contributed by atoms with Gasteiger partial charge < -0.3 is 19.9 Å². The first-order valence-corrected chi connectivity index (χ1v) is 11.7. The fraction of sp³-hybridized carbons (Fsp3) is 0.444. The zero-order chi connectivity index (χ0) is 23.2. The summed E-state index contributed by atoms with van der Waals surface area (Å²) in [4.78, 5) is 26.8. The number of primary amides is 1. The predicted molar refractivity (Wildman–Crippen MR) is 107 cm³/mol. The molecule has 15 heteroatoms. The number of ether oxygens (including phenoxy) is 3. The van der Waals surface area contributed by atoms with Gasteiger partial charge in [-0.1, -0.05) is 23.7 Å². The fourth-order valence-corrected chi connectivity index (χ4v) is 5.35. The Hall–Kier alpha value is -2.54. The zero-order valence-electron chi connectivity index (χ0n) is 16.8. The molecule has 3 aliphatic rings. The third-order valence-corrected chi connectivity index (χ3v) is 6.95. The minimum Gasteiger partial charge on any atom is -0.424 e. The smallest absolute Gasteiger partial charge is 0.424 e. The summed E-state index contributed by atoms with van der Waals surface area (Å²) in [7, 11) is -3.96. The van der Waals surface area contributed by atoms with Crippen LogP contribution in [0.5, 0.6) is 0 Å². The first kappa shape index (κ1) is 22.3. The molecule has 1 aromatic carbocycles. The Bertz CT molecular complexity index is 1130.